The van der Waals surface area contributed by atoms with Gasteiger partial charge in [-0.2, -0.15) is 0 Å². The van der Waals surface area contributed by atoms with Gasteiger partial charge in [-0.1, -0.05) is 19.6 Å². The largest absolute Gasteiger partial charge is 1.00 e. The standard InChI is InChI=1S/C11H11BrO2.C7H5BrO2.CH2O3.CH4.2K.H/c12-10-3-1-2-9(6-13)11(10)14-7-8-4-5-8;8-6-3-1-2-5(4-9)7(6)10;2-1-4-3;;;;/h1-3,6,8H,4-5,7H2;1-4,10H;1,3H;1H4;;;/q;;;;2*+1;-1/p-1. The van der Waals surface area contributed by atoms with Gasteiger partial charge in [0.15, 0.2) is 12.6 Å². The third kappa shape index (κ3) is 14.8. The molecule has 0 saturated heterocycles. The fraction of sp³-hybridized carbons (Fsp3) is 0.250. The second kappa shape index (κ2) is 21.6. The molecule has 0 bridgehead atoms. The summed E-state index contributed by atoms with van der Waals surface area (Å²) < 4.78 is 6.99. The fourth-order valence-electron chi connectivity index (χ4n) is 1.88. The molecule has 160 valence electrons. The smallest absolute Gasteiger partial charge is 1.00 e. The van der Waals surface area contributed by atoms with Gasteiger partial charge in [-0.3, -0.25) is 14.4 Å². The number of aldehydes is 2. The predicted molar refractivity (Wildman–Crippen MR) is 114 cm³/mol. The van der Waals surface area contributed by atoms with Crippen LogP contribution in [0.25, 0.3) is 0 Å². The number of benzene rings is 2. The van der Waals surface area contributed by atoms with Crippen molar-refractivity contribution in [1.82, 2.24) is 0 Å². The second-order valence-electron chi connectivity index (χ2n) is 5.52. The Hall–Kier alpha value is 1.04. The first-order chi connectivity index (χ1) is 13.5. The first-order valence-electron chi connectivity index (χ1n) is 7.99. The number of phenols is 1. The number of rotatable bonds is 6. The van der Waals surface area contributed by atoms with E-state index in [-0.39, 0.29) is 124 Å². The first-order valence-corrected chi connectivity index (χ1v) is 9.58. The molecule has 11 heteroatoms. The fourth-order valence-corrected chi connectivity index (χ4v) is 2.76. The van der Waals surface area contributed by atoms with Crippen LogP contribution in [0.2, 0.25) is 0 Å². The van der Waals surface area contributed by atoms with Crippen molar-refractivity contribution < 1.29 is 139 Å². The van der Waals surface area contributed by atoms with E-state index >= 15 is 0 Å². The molecule has 0 unspecified atom stereocenters. The number of phenolic OH excluding ortho intramolecular Hbond substituents is 1. The average molecular weight is 612 g/mol. The zero-order valence-electron chi connectivity index (χ0n) is 17.5. The molecular weight excluding hydrogens is 590 g/mol. The Labute approximate surface area is 285 Å². The third-order valence-electron chi connectivity index (χ3n) is 3.47. The van der Waals surface area contributed by atoms with Gasteiger partial charge in [0.1, 0.15) is 11.5 Å². The maximum absolute atomic E-state index is 10.7. The van der Waals surface area contributed by atoms with E-state index in [0.29, 0.717) is 33.6 Å². The minimum absolute atomic E-state index is 0. The molecule has 31 heavy (non-hydrogen) atoms. The summed E-state index contributed by atoms with van der Waals surface area (Å²) in [5.74, 6) is 1.37. The molecule has 1 fully saturated rings. The van der Waals surface area contributed by atoms with Gasteiger partial charge in [0.2, 0.25) is 0 Å². The first kappa shape index (κ1) is 36.6. The third-order valence-corrected chi connectivity index (χ3v) is 4.73. The Morgan fingerprint density at radius 2 is 1.48 bits per heavy atom. The van der Waals surface area contributed by atoms with Crippen molar-refractivity contribution in [1.29, 1.82) is 0 Å². The summed E-state index contributed by atoms with van der Waals surface area (Å²) in [6, 6.07) is 10.4. The quantitative estimate of drug-likeness (QED) is 0.178. The van der Waals surface area contributed by atoms with Gasteiger partial charge in [0, 0.05) is 0 Å². The van der Waals surface area contributed by atoms with Crippen molar-refractivity contribution in [3.8, 4) is 11.5 Å². The van der Waals surface area contributed by atoms with Crippen molar-refractivity contribution in [3.63, 3.8) is 0 Å². The molecule has 1 N–H and O–H groups in total. The van der Waals surface area contributed by atoms with E-state index in [1.165, 1.54) is 12.8 Å². The molecule has 0 atom stereocenters. The Balaban J connectivity index is -0.000000195. The van der Waals surface area contributed by atoms with Crippen molar-refractivity contribution >= 4 is 50.9 Å². The van der Waals surface area contributed by atoms with Gasteiger partial charge in [-0.25, -0.2) is 0 Å². The molecule has 2 aromatic rings. The molecule has 1 aliphatic carbocycles. The van der Waals surface area contributed by atoms with Crippen LogP contribution < -0.4 is 113 Å². The number of hydrogen-bond acceptors (Lipinski definition) is 7. The SMILES string of the molecule is C.O=CO[O-].O=Cc1cccc(Br)c1O.O=Cc1cccc(Br)c1OCC1CC1.[H-].[K+].[K+]. The van der Waals surface area contributed by atoms with E-state index in [9.17, 15) is 9.59 Å². The maximum Gasteiger partial charge on any atom is 1.00 e. The van der Waals surface area contributed by atoms with Crippen molar-refractivity contribution in [2.75, 3.05) is 6.61 Å². The van der Waals surface area contributed by atoms with Gasteiger partial charge in [0.05, 0.1) is 26.7 Å². The van der Waals surface area contributed by atoms with Gasteiger partial charge >= 0.3 is 103 Å². The van der Waals surface area contributed by atoms with Crippen LogP contribution in [0.1, 0.15) is 42.4 Å². The number of hydrogen-bond donors (Lipinski definition) is 1. The molecule has 2 aromatic carbocycles. The molecule has 3 rings (SSSR count). The van der Waals surface area contributed by atoms with Crippen molar-refractivity contribution in [2.24, 2.45) is 5.92 Å². The summed E-state index contributed by atoms with van der Waals surface area (Å²) in [5.41, 5.74) is 0.911. The minimum Gasteiger partial charge on any atom is -1.00 e. The molecule has 0 aliphatic heterocycles. The molecule has 1 aliphatic rings. The second-order valence-corrected chi connectivity index (χ2v) is 7.23. The summed E-state index contributed by atoms with van der Waals surface area (Å²) >= 11 is 6.45. The van der Waals surface area contributed by atoms with E-state index < -0.39 is 0 Å². The molecule has 0 amide bonds. The normalized spacial score (nSPS) is 10.5. The summed E-state index contributed by atoms with van der Waals surface area (Å²) in [5, 5.41) is 17.5. The Morgan fingerprint density at radius 3 is 1.90 bits per heavy atom. The van der Waals surface area contributed by atoms with Gasteiger partial charge in [-0.15, -0.1) is 0 Å². The summed E-state index contributed by atoms with van der Waals surface area (Å²) in [6.07, 6.45) is 3.94. The molecule has 7 nitrogen and oxygen atoms in total. The minimum atomic E-state index is -0.181. The van der Waals surface area contributed by atoms with Crippen LogP contribution in [0.3, 0.4) is 0 Å². The molecule has 0 aromatic heterocycles. The predicted octanol–water partition coefficient (Wildman–Crippen LogP) is -1.79. The molecule has 0 radical (unpaired) electrons. The number of ether oxygens (including phenoxy) is 1. The topological polar surface area (TPSA) is 113 Å². The number of halogens is 2. The monoisotopic (exact) mass is 610 g/mol. The number of carbonyl (C=O) groups excluding carboxylic acids is 3. The van der Waals surface area contributed by atoms with Gasteiger partial charge < -0.3 is 21.4 Å². The van der Waals surface area contributed by atoms with Crippen LogP contribution in [0.4, 0.5) is 0 Å². The van der Waals surface area contributed by atoms with E-state index in [1.54, 1.807) is 24.3 Å². The number of para-hydroxylation sites is 2. The number of aromatic hydroxyl groups is 1. The summed E-state index contributed by atoms with van der Waals surface area (Å²) in [6.45, 7) is 0.545. The molecular formula is C20H22Br2K2O7. The number of carbonyl (C=O) groups is 3. The van der Waals surface area contributed by atoms with E-state index in [2.05, 4.69) is 36.7 Å². The van der Waals surface area contributed by atoms with Crippen LogP contribution >= 0.6 is 31.9 Å². The average Bonchev–Trinajstić information content (AvgIpc) is 3.54. The van der Waals surface area contributed by atoms with Crippen molar-refractivity contribution in [3.05, 3.63) is 56.5 Å². The van der Waals surface area contributed by atoms with Crippen LogP contribution in [0, 0.1) is 5.92 Å². The molecule has 0 heterocycles. The van der Waals surface area contributed by atoms with Crippen LogP contribution in [0.15, 0.2) is 45.3 Å². The zero-order chi connectivity index (χ0) is 20.9. The summed E-state index contributed by atoms with van der Waals surface area (Å²) in [7, 11) is 0. The molecule has 0 spiro atoms. The zero-order valence-corrected chi connectivity index (χ0v) is 26.0. The van der Waals surface area contributed by atoms with E-state index in [4.69, 9.17) is 19.9 Å². The van der Waals surface area contributed by atoms with Gasteiger partial charge in [-0.05, 0) is 74.9 Å². The van der Waals surface area contributed by atoms with E-state index in [0.717, 1.165) is 17.4 Å². The van der Waals surface area contributed by atoms with E-state index in [1.807, 2.05) is 12.1 Å². The Bertz CT molecular complexity index is 810. The Morgan fingerprint density at radius 1 is 1.00 bits per heavy atom. The summed E-state index contributed by atoms with van der Waals surface area (Å²) in [4.78, 5) is 32.2. The maximum atomic E-state index is 10.7. The van der Waals surface area contributed by atoms with Crippen LogP contribution in [0.5, 0.6) is 11.5 Å². The van der Waals surface area contributed by atoms with Gasteiger partial charge in [0.25, 0.3) is 6.47 Å². The van der Waals surface area contributed by atoms with Crippen LogP contribution in [-0.4, -0.2) is 30.8 Å². The molecule has 1 saturated carbocycles. The Kier molecular flexibility index (Phi) is 25.5. The van der Waals surface area contributed by atoms with Crippen molar-refractivity contribution in [2.45, 2.75) is 20.3 Å². The van der Waals surface area contributed by atoms with Crippen LogP contribution in [-0.2, 0) is 9.68 Å².